The third kappa shape index (κ3) is 3.38. The van der Waals surface area contributed by atoms with Crippen LogP contribution in [0.1, 0.15) is 5.56 Å². The third-order valence-electron chi connectivity index (χ3n) is 1.49. The van der Waals surface area contributed by atoms with Crippen molar-refractivity contribution in [2.24, 2.45) is 5.84 Å². The number of nitrogens with one attached hydrogen (secondary N) is 1. The molecule has 0 atom stereocenters. The standard InChI is InChI=1S/C7H10N2O2S.Na.H/c1-6-2-4-7(5-3-6)12(10,11)9-8;;/h2-5,9H,8H2,1H3;;. The molecular weight excluding hydrogens is 199 g/mol. The van der Waals surface area contributed by atoms with Gasteiger partial charge in [-0.1, -0.05) is 17.7 Å². The van der Waals surface area contributed by atoms with E-state index in [-0.39, 0.29) is 34.5 Å². The Kier molecular flexibility index (Phi) is 5.13. The summed E-state index contributed by atoms with van der Waals surface area (Å²) in [7, 11) is -3.49. The molecule has 0 saturated heterocycles. The normalized spacial score (nSPS) is 10.6. The van der Waals surface area contributed by atoms with Gasteiger partial charge >= 0.3 is 29.6 Å². The molecule has 1 aromatic carbocycles. The molecule has 13 heavy (non-hydrogen) atoms. The van der Waals surface area contributed by atoms with Crippen LogP contribution in [0.2, 0.25) is 0 Å². The number of benzene rings is 1. The first kappa shape index (κ1) is 13.1. The van der Waals surface area contributed by atoms with Gasteiger partial charge in [-0.15, -0.1) is 0 Å². The third-order valence-corrected chi connectivity index (χ3v) is 2.69. The van der Waals surface area contributed by atoms with E-state index < -0.39 is 10.0 Å². The molecule has 0 saturated carbocycles. The first-order chi connectivity index (χ1) is 5.56. The van der Waals surface area contributed by atoms with Crippen molar-refractivity contribution in [2.75, 3.05) is 0 Å². The van der Waals surface area contributed by atoms with Crippen molar-refractivity contribution in [2.45, 2.75) is 11.8 Å². The van der Waals surface area contributed by atoms with Crippen LogP contribution in [0.15, 0.2) is 29.2 Å². The molecule has 4 nitrogen and oxygen atoms in total. The van der Waals surface area contributed by atoms with Gasteiger partial charge in [-0.25, -0.2) is 8.42 Å². The molecule has 0 heterocycles. The molecule has 0 amide bonds. The van der Waals surface area contributed by atoms with Crippen molar-refractivity contribution in [3.05, 3.63) is 29.8 Å². The van der Waals surface area contributed by atoms with Gasteiger partial charge in [0.05, 0.1) is 4.90 Å². The summed E-state index contributed by atoms with van der Waals surface area (Å²) in [4.78, 5) is 1.93. The zero-order valence-electron chi connectivity index (χ0n) is 6.61. The minimum atomic E-state index is -3.49. The molecule has 0 fully saturated rings. The Labute approximate surface area is 99.8 Å². The maximum atomic E-state index is 11.1. The number of nitrogens with two attached hydrogens (primary N) is 1. The molecule has 6 heteroatoms. The summed E-state index contributed by atoms with van der Waals surface area (Å²) in [6, 6.07) is 6.43. The van der Waals surface area contributed by atoms with Crippen LogP contribution in [0.3, 0.4) is 0 Å². The Bertz CT molecular complexity index is 361. The second-order valence-corrected chi connectivity index (χ2v) is 4.15. The Morgan fingerprint density at radius 2 is 1.69 bits per heavy atom. The molecule has 0 aliphatic rings. The summed E-state index contributed by atoms with van der Waals surface area (Å²) in [5.74, 6) is 4.84. The van der Waals surface area contributed by atoms with Crippen molar-refractivity contribution >= 4 is 39.6 Å². The van der Waals surface area contributed by atoms with Crippen LogP contribution in [0, 0.1) is 6.92 Å². The van der Waals surface area contributed by atoms with Gasteiger partial charge in [-0.3, -0.25) is 5.84 Å². The van der Waals surface area contributed by atoms with Crippen molar-refractivity contribution in [3.8, 4) is 0 Å². The summed E-state index contributed by atoms with van der Waals surface area (Å²) >= 11 is 0. The van der Waals surface area contributed by atoms with Crippen LogP contribution < -0.4 is 10.7 Å². The van der Waals surface area contributed by atoms with Crippen LogP contribution in [0.25, 0.3) is 0 Å². The average Bonchev–Trinajstić information content (AvgIpc) is 2.05. The fourth-order valence-corrected chi connectivity index (χ4v) is 1.42. The van der Waals surface area contributed by atoms with Gasteiger partial charge in [0, 0.05) is 0 Å². The first-order valence-electron chi connectivity index (χ1n) is 3.35. The number of rotatable bonds is 2. The first-order valence-corrected chi connectivity index (χ1v) is 4.83. The molecule has 0 aliphatic heterocycles. The van der Waals surface area contributed by atoms with E-state index in [0.29, 0.717) is 0 Å². The van der Waals surface area contributed by atoms with Crippen LogP contribution in [0.5, 0.6) is 0 Å². The fraction of sp³-hybridized carbons (Fsp3) is 0.143. The van der Waals surface area contributed by atoms with Crippen molar-refractivity contribution < 1.29 is 8.42 Å². The number of sulfonamides is 1. The fourth-order valence-electron chi connectivity index (χ4n) is 0.785. The number of aryl methyl sites for hydroxylation is 1. The summed E-state index contributed by atoms with van der Waals surface area (Å²) in [6.45, 7) is 1.88. The van der Waals surface area contributed by atoms with E-state index in [4.69, 9.17) is 5.84 Å². The number of hydrazine groups is 1. The van der Waals surface area contributed by atoms with Gasteiger partial charge in [0.15, 0.2) is 0 Å². The van der Waals surface area contributed by atoms with Crippen LogP contribution in [-0.4, -0.2) is 38.0 Å². The van der Waals surface area contributed by atoms with Crippen LogP contribution in [0.4, 0.5) is 0 Å². The molecule has 0 unspecified atom stereocenters. The molecule has 0 radical (unpaired) electrons. The summed E-state index contributed by atoms with van der Waals surface area (Å²) in [6.07, 6.45) is 0. The van der Waals surface area contributed by atoms with E-state index in [1.165, 1.54) is 12.1 Å². The molecule has 1 aromatic rings. The van der Waals surface area contributed by atoms with E-state index in [0.717, 1.165) is 5.56 Å². The number of hydrogen-bond donors (Lipinski definition) is 2. The Morgan fingerprint density at radius 1 is 1.23 bits per heavy atom. The van der Waals surface area contributed by atoms with Gasteiger partial charge < -0.3 is 0 Å². The van der Waals surface area contributed by atoms with Crippen LogP contribution in [-0.2, 0) is 10.0 Å². The van der Waals surface area contributed by atoms with Crippen molar-refractivity contribution in [1.29, 1.82) is 0 Å². The van der Waals surface area contributed by atoms with E-state index in [1.54, 1.807) is 17.0 Å². The van der Waals surface area contributed by atoms with Crippen molar-refractivity contribution in [3.63, 3.8) is 0 Å². The SMILES string of the molecule is Cc1ccc(S(=O)(=O)NN)cc1.[NaH]. The zero-order chi connectivity index (χ0) is 9.19. The average molecular weight is 210 g/mol. The van der Waals surface area contributed by atoms with Crippen LogP contribution >= 0.6 is 0 Å². The molecule has 3 N–H and O–H groups in total. The molecule has 0 aliphatic carbocycles. The predicted octanol–water partition coefficient (Wildman–Crippen LogP) is -0.501. The summed E-state index contributed by atoms with van der Waals surface area (Å²) in [5, 5.41) is 0. The predicted molar refractivity (Wildman–Crippen MR) is 52.8 cm³/mol. The van der Waals surface area contributed by atoms with E-state index in [9.17, 15) is 8.42 Å². The summed E-state index contributed by atoms with van der Waals surface area (Å²) in [5.41, 5.74) is 1.01. The van der Waals surface area contributed by atoms with Gasteiger partial charge in [0.2, 0.25) is 0 Å². The molecule has 0 spiro atoms. The minimum absolute atomic E-state index is 0. The zero-order valence-corrected chi connectivity index (χ0v) is 7.43. The van der Waals surface area contributed by atoms with Gasteiger partial charge in [0.1, 0.15) is 0 Å². The van der Waals surface area contributed by atoms with Gasteiger partial charge in [0.25, 0.3) is 10.0 Å². The molecule has 1 rings (SSSR count). The molecular formula is C7H11N2NaO2S. The van der Waals surface area contributed by atoms with E-state index >= 15 is 0 Å². The second kappa shape index (κ2) is 5.09. The van der Waals surface area contributed by atoms with E-state index in [1.807, 2.05) is 6.92 Å². The van der Waals surface area contributed by atoms with Crippen molar-refractivity contribution in [1.82, 2.24) is 4.83 Å². The Morgan fingerprint density at radius 3 is 2.08 bits per heavy atom. The summed E-state index contributed by atoms with van der Waals surface area (Å²) < 4.78 is 22.2. The van der Waals surface area contributed by atoms with E-state index in [2.05, 4.69) is 0 Å². The van der Waals surface area contributed by atoms with Gasteiger partial charge in [-0.05, 0) is 19.1 Å². The van der Waals surface area contributed by atoms with Gasteiger partial charge in [-0.2, -0.15) is 4.83 Å². The molecule has 68 valence electrons. The maximum absolute atomic E-state index is 11.1. The molecule has 0 bridgehead atoms. The molecule has 0 aromatic heterocycles. The Hall–Kier alpha value is 0.0900. The Balaban J connectivity index is 0.00000144. The monoisotopic (exact) mass is 210 g/mol. The quantitative estimate of drug-likeness (QED) is 0.392. The second-order valence-electron chi connectivity index (χ2n) is 2.43. The number of hydrogen-bond acceptors (Lipinski definition) is 3. The topological polar surface area (TPSA) is 72.2 Å².